The van der Waals surface area contributed by atoms with Crippen molar-refractivity contribution in [1.29, 1.82) is 0 Å². The molecule has 0 bridgehead atoms. The second kappa shape index (κ2) is 13.5. The number of benzene rings is 4. The lowest BCUT2D eigenvalue weighted by Gasteiger charge is -2.35. The van der Waals surface area contributed by atoms with E-state index >= 15 is 0 Å². The van der Waals surface area contributed by atoms with Crippen LogP contribution in [0.1, 0.15) is 22.3 Å². The van der Waals surface area contributed by atoms with Gasteiger partial charge in [0.15, 0.2) is 5.60 Å². The Hall–Kier alpha value is -5.50. The minimum atomic E-state index is -1.56. The second-order valence-corrected chi connectivity index (χ2v) is 11.5. The molecule has 0 spiro atoms. The maximum atomic E-state index is 13.3. The fraction of sp³-hybridized carbons (Fsp3) is 0.167. The molecule has 49 heavy (non-hydrogen) atoms. The molecule has 2 aromatic heterocycles. The third-order valence-corrected chi connectivity index (χ3v) is 8.46. The van der Waals surface area contributed by atoms with E-state index < -0.39 is 28.4 Å². The monoisotopic (exact) mass is 670 g/mol. The van der Waals surface area contributed by atoms with Crippen LogP contribution >= 0.6 is 0 Å². The van der Waals surface area contributed by atoms with E-state index in [9.17, 15) is 27.8 Å². The molecule has 2 N–H and O–H groups in total. The standard InChI is InChI=1S/C18H15F2N3O2.C18H15F2N3O/c19-15-5-1-13(2-6-15)17(24,9-23-12-21-11-22-23)18(10-25-18)14-3-7-16(20)8-4-14;1-13(14-2-6-16(19)7-3-14)18(24,10-23-12-21-11-22-23)15-4-8-17(20)9-5-15/h1-8,11-12,24H,9-10H2;2-9,11-12,24H,1,10H2. The van der Waals surface area contributed by atoms with E-state index in [4.69, 9.17) is 4.74 Å². The summed E-state index contributed by atoms with van der Waals surface area (Å²) in [5.74, 6) is -1.57. The first kappa shape index (κ1) is 33.4. The van der Waals surface area contributed by atoms with Gasteiger partial charge in [-0.15, -0.1) is 0 Å². The first-order valence-corrected chi connectivity index (χ1v) is 15.0. The SMILES string of the molecule is C=C(c1ccc(F)cc1)C(O)(Cn1cncn1)c1ccc(F)cc1.OC(Cn1cncn1)(c1ccc(F)cc1)C1(c2ccc(F)cc2)CO1. The van der Waals surface area contributed by atoms with E-state index in [1.807, 2.05) is 0 Å². The van der Waals surface area contributed by atoms with Gasteiger partial charge in [-0.3, -0.25) is 0 Å². The Labute approximate surface area is 278 Å². The Morgan fingerprint density at radius 3 is 1.55 bits per heavy atom. The lowest BCUT2D eigenvalue weighted by atomic mass is 9.77. The molecule has 1 fully saturated rings. The van der Waals surface area contributed by atoms with Crippen molar-refractivity contribution >= 4 is 5.57 Å². The molecule has 1 saturated heterocycles. The Morgan fingerprint density at radius 2 is 1.10 bits per heavy atom. The van der Waals surface area contributed by atoms with Gasteiger partial charge in [0, 0.05) is 0 Å². The van der Waals surface area contributed by atoms with Crippen molar-refractivity contribution < 1.29 is 32.5 Å². The molecule has 0 radical (unpaired) electrons. The van der Waals surface area contributed by atoms with Crippen LogP contribution < -0.4 is 0 Å². The fourth-order valence-corrected chi connectivity index (χ4v) is 5.69. The average molecular weight is 671 g/mol. The molecule has 7 rings (SSSR count). The zero-order valence-corrected chi connectivity index (χ0v) is 25.9. The number of ether oxygens (including phenoxy) is 1. The summed E-state index contributed by atoms with van der Waals surface area (Å²) in [7, 11) is 0. The number of hydrogen-bond donors (Lipinski definition) is 2. The molecule has 6 aromatic rings. The molecule has 0 amide bonds. The zero-order chi connectivity index (χ0) is 34.6. The molecule has 250 valence electrons. The van der Waals surface area contributed by atoms with Crippen molar-refractivity contribution in [3.8, 4) is 0 Å². The number of nitrogens with zero attached hydrogens (tertiary/aromatic N) is 6. The van der Waals surface area contributed by atoms with Crippen LogP contribution in [0.5, 0.6) is 0 Å². The fourth-order valence-electron chi connectivity index (χ4n) is 5.69. The van der Waals surface area contributed by atoms with E-state index in [0.717, 1.165) is 0 Å². The van der Waals surface area contributed by atoms with Crippen LogP contribution in [0.25, 0.3) is 5.57 Å². The predicted octanol–water partition coefficient (Wildman–Crippen LogP) is 5.53. The quantitative estimate of drug-likeness (QED) is 0.146. The first-order chi connectivity index (χ1) is 23.5. The average Bonchev–Trinajstić information content (AvgIpc) is 3.47. The van der Waals surface area contributed by atoms with E-state index in [-0.39, 0.29) is 31.3 Å². The summed E-state index contributed by atoms with van der Waals surface area (Å²) in [5.41, 5.74) is -1.66. The topological polar surface area (TPSA) is 114 Å². The summed E-state index contributed by atoms with van der Waals surface area (Å²) in [6.45, 7) is 4.32. The molecular weight excluding hydrogens is 640 g/mol. The third kappa shape index (κ3) is 6.90. The highest BCUT2D eigenvalue weighted by atomic mass is 19.1. The summed E-state index contributed by atoms with van der Waals surface area (Å²) in [4.78, 5) is 7.75. The van der Waals surface area contributed by atoms with Crippen molar-refractivity contribution in [2.24, 2.45) is 0 Å². The van der Waals surface area contributed by atoms with Crippen LogP contribution in [0.4, 0.5) is 17.6 Å². The molecule has 9 nitrogen and oxygen atoms in total. The van der Waals surface area contributed by atoms with Crippen LogP contribution in [-0.4, -0.2) is 46.3 Å². The smallest absolute Gasteiger partial charge is 0.151 e. The molecule has 0 saturated carbocycles. The van der Waals surface area contributed by atoms with Crippen LogP contribution in [0.3, 0.4) is 0 Å². The summed E-state index contributed by atoms with van der Waals surface area (Å²) in [6, 6.07) is 22.5. The minimum absolute atomic E-state index is 0.0365. The molecule has 1 aliphatic heterocycles. The summed E-state index contributed by atoms with van der Waals surface area (Å²) in [6.07, 6.45) is 5.66. The number of aromatic nitrogens is 6. The van der Waals surface area contributed by atoms with Crippen molar-refractivity contribution in [1.82, 2.24) is 29.5 Å². The van der Waals surface area contributed by atoms with Gasteiger partial charge in [-0.2, -0.15) is 10.2 Å². The molecule has 3 atom stereocenters. The number of rotatable bonds is 10. The summed E-state index contributed by atoms with van der Waals surface area (Å²) >= 11 is 0. The lowest BCUT2D eigenvalue weighted by molar-refractivity contribution is -0.0634. The van der Waals surface area contributed by atoms with Crippen molar-refractivity contribution in [3.63, 3.8) is 0 Å². The van der Waals surface area contributed by atoms with Gasteiger partial charge in [0.25, 0.3) is 0 Å². The van der Waals surface area contributed by atoms with Crippen LogP contribution in [-0.2, 0) is 34.6 Å². The van der Waals surface area contributed by atoms with Gasteiger partial charge in [0.05, 0.1) is 19.7 Å². The Bertz CT molecular complexity index is 1990. The maximum Gasteiger partial charge on any atom is 0.151 e. The molecule has 3 heterocycles. The lowest BCUT2D eigenvalue weighted by Crippen LogP contribution is -2.44. The van der Waals surface area contributed by atoms with Gasteiger partial charge in [-0.25, -0.2) is 36.9 Å². The highest BCUT2D eigenvalue weighted by molar-refractivity contribution is 5.72. The number of halogens is 4. The highest BCUT2D eigenvalue weighted by Crippen LogP contribution is 2.53. The van der Waals surface area contributed by atoms with Gasteiger partial charge < -0.3 is 14.9 Å². The molecule has 3 unspecified atom stereocenters. The summed E-state index contributed by atoms with van der Waals surface area (Å²) in [5, 5.41) is 31.0. The maximum absolute atomic E-state index is 13.3. The van der Waals surface area contributed by atoms with Crippen LogP contribution in [0.2, 0.25) is 0 Å². The molecule has 4 aromatic carbocycles. The zero-order valence-electron chi connectivity index (χ0n) is 25.9. The Morgan fingerprint density at radius 1 is 0.673 bits per heavy atom. The van der Waals surface area contributed by atoms with Crippen molar-refractivity contribution in [2.75, 3.05) is 6.61 Å². The van der Waals surface area contributed by atoms with Gasteiger partial charge >= 0.3 is 0 Å². The second-order valence-electron chi connectivity index (χ2n) is 11.5. The van der Waals surface area contributed by atoms with E-state index in [2.05, 4.69) is 26.7 Å². The normalized spacial score (nSPS) is 17.7. The Balaban J connectivity index is 0.000000170. The molecule has 0 aliphatic carbocycles. The number of hydrogen-bond acceptors (Lipinski definition) is 7. The Kier molecular flexibility index (Phi) is 9.24. The predicted molar refractivity (Wildman–Crippen MR) is 170 cm³/mol. The molecule has 13 heteroatoms. The van der Waals surface area contributed by atoms with E-state index in [1.165, 1.54) is 120 Å². The van der Waals surface area contributed by atoms with Crippen molar-refractivity contribution in [3.05, 3.63) is 174 Å². The largest absolute Gasteiger partial charge is 0.380 e. The van der Waals surface area contributed by atoms with Gasteiger partial charge in [0.1, 0.15) is 59.8 Å². The van der Waals surface area contributed by atoms with Crippen LogP contribution in [0, 0.1) is 23.3 Å². The third-order valence-electron chi connectivity index (χ3n) is 8.46. The number of aliphatic hydroxyl groups is 2. The van der Waals surface area contributed by atoms with Crippen LogP contribution in [0.15, 0.2) is 129 Å². The van der Waals surface area contributed by atoms with E-state index in [1.54, 1.807) is 12.1 Å². The van der Waals surface area contributed by atoms with Crippen molar-refractivity contribution in [2.45, 2.75) is 29.9 Å². The minimum Gasteiger partial charge on any atom is -0.380 e. The number of epoxide rings is 1. The highest BCUT2D eigenvalue weighted by Gasteiger charge is 2.63. The van der Waals surface area contributed by atoms with Gasteiger partial charge in [0.2, 0.25) is 0 Å². The van der Waals surface area contributed by atoms with Gasteiger partial charge in [-0.1, -0.05) is 55.1 Å². The summed E-state index contributed by atoms with van der Waals surface area (Å²) < 4.78 is 61.7. The molecular formula is C36H30F4N6O3. The van der Waals surface area contributed by atoms with Gasteiger partial charge in [-0.05, 0) is 76.4 Å². The molecule has 1 aliphatic rings. The van der Waals surface area contributed by atoms with E-state index in [0.29, 0.717) is 27.8 Å². The first-order valence-electron chi connectivity index (χ1n) is 15.0.